The minimum Gasteiger partial charge on any atom is -0.595 e. The molecule has 6 nitrogen and oxygen atoms in total. The van der Waals surface area contributed by atoms with Crippen LogP contribution < -0.4 is 9.96 Å². The quantitative estimate of drug-likeness (QED) is 0.212. The van der Waals surface area contributed by atoms with Crippen LogP contribution in [0.15, 0.2) is 78.9 Å². The van der Waals surface area contributed by atoms with Gasteiger partial charge in [0.05, 0.1) is 5.56 Å². The third-order valence-corrected chi connectivity index (χ3v) is 4.38. The van der Waals surface area contributed by atoms with Gasteiger partial charge in [-0.15, -0.1) is 0 Å². The Labute approximate surface area is 171 Å². The van der Waals surface area contributed by atoms with Gasteiger partial charge in [0.25, 0.3) is 0 Å². The van der Waals surface area contributed by atoms with Crippen molar-refractivity contribution in [2.45, 2.75) is 0 Å². The predicted molar refractivity (Wildman–Crippen MR) is 108 cm³/mol. The van der Waals surface area contributed by atoms with Gasteiger partial charge in [-0.3, -0.25) is 4.79 Å². The molecular weight excluding hydrogens is 394 g/mol. The highest BCUT2D eigenvalue weighted by atomic mass is 35.5. The summed E-state index contributed by atoms with van der Waals surface area (Å²) in [6.07, 6.45) is 3.06. The van der Waals surface area contributed by atoms with Crippen molar-refractivity contribution in [3.8, 4) is 5.75 Å². The van der Waals surface area contributed by atoms with Crippen LogP contribution in [0.25, 0.3) is 6.08 Å². The first-order valence-electron chi connectivity index (χ1n) is 8.56. The van der Waals surface area contributed by atoms with Gasteiger partial charge in [-0.1, -0.05) is 29.8 Å². The molecule has 3 rings (SSSR count). The Kier molecular flexibility index (Phi) is 6.54. The Morgan fingerprint density at radius 2 is 1.55 bits per heavy atom. The number of benzene rings is 3. The summed E-state index contributed by atoms with van der Waals surface area (Å²) in [5.74, 6) is -0.573. The predicted octanol–water partition coefficient (Wildman–Crippen LogP) is 3.86. The third kappa shape index (κ3) is 5.37. The lowest BCUT2D eigenvalue weighted by atomic mass is 10.1. The van der Waals surface area contributed by atoms with Crippen LogP contribution in [0, 0.1) is 5.21 Å². The van der Waals surface area contributed by atoms with E-state index in [2.05, 4.69) is 0 Å². The molecule has 0 radical (unpaired) electrons. The van der Waals surface area contributed by atoms with Gasteiger partial charge in [0, 0.05) is 22.7 Å². The van der Waals surface area contributed by atoms with Crippen LogP contribution in [-0.2, 0) is 0 Å². The van der Waals surface area contributed by atoms with E-state index >= 15 is 0 Å². The summed E-state index contributed by atoms with van der Waals surface area (Å²) in [4.78, 5) is 24.4. The maximum absolute atomic E-state index is 12.3. The zero-order chi connectivity index (χ0) is 20.8. The second-order valence-corrected chi connectivity index (χ2v) is 6.42. The van der Waals surface area contributed by atoms with Gasteiger partial charge in [0.15, 0.2) is 11.5 Å². The summed E-state index contributed by atoms with van der Waals surface area (Å²) in [5, 5.41) is 19.2. The van der Waals surface area contributed by atoms with Crippen molar-refractivity contribution in [3.63, 3.8) is 0 Å². The molecule has 0 fully saturated rings. The molecule has 0 saturated heterocycles. The molecule has 0 amide bonds. The maximum Gasteiger partial charge on any atom is 0.343 e. The molecule has 1 atom stereocenters. The van der Waals surface area contributed by atoms with Crippen molar-refractivity contribution < 1.29 is 24.8 Å². The molecule has 0 aromatic heterocycles. The Bertz CT molecular complexity index is 1040. The van der Waals surface area contributed by atoms with Crippen LogP contribution in [0.2, 0.25) is 5.02 Å². The molecule has 3 aromatic carbocycles. The highest BCUT2D eigenvalue weighted by molar-refractivity contribution is 6.32. The average molecular weight is 410 g/mol. The van der Waals surface area contributed by atoms with Gasteiger partial charge in [-0.2, -0.15) is 5.23 Å². The highest BCUT2D eigenvalue weighted by Gasteiger charge is 2.11. The Morgan fingerprint density at radius 3 is 2.17 bits per heavy atom. The SMILES string of the molecule is O=C(C=Cc1ccccc1Cl)c1ccc(OC(=O)c2ccc([NH+]([O-])O)cc2)cc1. The summed E-state index contributed by atoms with van der Waals surface area (Å²) in [6, 6.07) is 18.7. The number of halogens is 1. The smallest absolute Gasteiger partial charge is 0.343 e. The summed E-state index contributed by atoms with van der Waals surface area (Å²) in [6.45, 7) is 0. The minimum atomic E-state index is -1.08. The lowest BCUT2D eigenvalue weighted by molar-refractivity contribution is -0.991. The number of esters is 1. The average Bonchev–Trinajstić information content (AvgIpc) is 2.73. The van der Waals surface area contributed by atoms with E-state index < -0.39 is 11.2 Å². The van der Waals surface area contributed by atoms with Gasteiger partial charge < -0.3 is 9.94 Å². The van der Waals surface area contributed by atoms with E-state index in [4.69, 9.17) is 21.5 Å². The molecule has 0 saturated carbocycles. The fourth-order valence-corrected chi connectivity index (χ4v) is 2.67. The number of ketones is 1. The van der Waals surface area contributed by atoms with E-state index in [9.17, 15) is 14.8 Å². The van der Waals surface area contributed by atoms with Crippen molar-refractivity contribution in [2.24, 2.45) is 0 Å². The maximum atomic E-state index is 12.3. The fourth-order valence-electron chi connectivity index (χ4n) is 2.47. The second-order valence-electron chi connectivity index (χ2n) is 6.02. The number of hydrogen-bond acceptors (Lipinski definition) is 5. The molecule has 0 aliphatic carbocycles. The van der Waals surface area contributed by atoms with Crippen molar-refractivity contribution in [1.29, 1.82) is 0 Å². The van der Waals surface area contributed by atoms with Crippen LogP contribution in [0.1, 0.15) is 26.3 Å². The number of nitrogens with one attached hydrogen (secondary N) is 1. The van der Waals surface area contributed by atoms with Crippen LogP contribution in [0.3, 0.4) is 0 Å². The van der Waals surface area contributed by atoms with Crippen LogP contribution in [0.4, 0.5) is 5.69 Å². The van der Waals surface area contributed by atoms with Gasteiger partial charge in [-0.05, 0) is 60.2 Å². The lowest BCUT2D eigenvalue weighted by Crippen LogP contribution is -2.99. The van der Waals surface area contributed by atoms with Gasteiger partial charge in [0.2, 0.25) is 0 Å². The number of ether oxygens (including phenoxy) is 1. The molecule has 2 N–H and O–H groups in total. The molecule has 1 unspecified atom stereocenters. The zero-order valence-corrected chi connectivity index (χ0v) is 15.8. The molecule has 3 aromatic rings. The fraction of sp³-hybridized carbons (Fsp3) is 0. The Morgan fingerprint density at radius 1 is 0.931 bits per heavy atom. The standard InChI is InChI=1S/C22H16ClNO5/c23-20-4-2-1-3-15(20)9-14-21(25)16-7-12-19(13-8-16)29-22(26)17-5-10-18(11-6-17)24(27)28/h1-14,24,27H. The van der Waals surface area contributed by atoms with Gasteiger partial charge in [0.1, 0.15) is 5.75 Å². The van der Waals surface area contributed by atoms with Crippen LogP contribution >= 0.6 is 11.6 Å². The monoisotopic (exact) mass is 409 g/mol. The van der Waals surface area contributed by atoms with Crippen molar-refractivity contribution in [2.75, 3.05) is 0 Å². The van der Waals surface area contributed by atoms with Crippen LogP contribution in [0.5, 0.6) is 5.75 Å². The molecule has 0 spiro atoms. The summed E-state index contributed by atoms with van der Waals surface area (Å²) in [7, 11) is 0. The van der Waals surface area contributed by atoms with Crippen molar-refractivity contribution >= 4 is 35.1 Å². The molecule has 29 heavy (non-hydrogen) atoms. The van der Waals surface area contributed by atoms with E-state index in [-0.39, 0.29) is 22.8 Å². The normalized spacial score (nSPS) is 12.0. The third-order valence-electron chi connectivity index (χ3n) is 4.04. The summed E-state index contributed by atoms with van der Waals surface area (Å²) < 4.78 is 5.25. The highest BCUT2D eigenvalue weighted by Crippen LogP contribution is 2.18. The van der Waals surface area contributed by atoms with Gasteiger partial charge >= 0.3 is 5.97 Å². The molecule has 0 heterocycles. The van der Waals surface area contributed by atoms with E-state index in [0.717, 1.165) is 5.56 Å². The number of rotatable bonds is 6. The molecule has 146 valence electrons. The van der Waals surface area contributed by atoms with E-state index in [1.54, 1.807) is 30.3 Å². The number of carbonyl (C=O) groups is 2. The number of hydrogen-bond donors (Lipinski definition) is 2. The van der Waals surface area contributed by atoms with E-state index in [1.807, 2.05) is 12.1 Å². The van der Waals surface area contributed by atoms with Crippen molar-refractivity contribution in [3.05, 3.63) is 106 Å². The largest absolute Gasteiger partial charge is 0.595 e. The number of carbonyl (C=O) groups excluding carboxylic acids is 2. The zero-order valence-electron chi connectivity index (χ0n) is 15.0. The first-order chi connectivity index (χ1) is 13.9. The first-order valence-corrected chi connectivity index (χ1v) is 8.94. The molecule has 7 heteroatoms. The Balaban J connectivity index is 1.64. The molecular formula is C22H16ClNO5. The van der Waals surface area contributed by atoms with E-state index in [0.29, 0.717) is 10.6 Å². The van der Waals surface area contributed by atoms with Crippen molar-refractivity contribution in [1.82, 2.24) is 0 Å². The van der Waals surface area contributed by atoms with Gasteiger partial charge in [-0.25, -0.2) is 10.0 Å². The van der Waals surface area contributed by atoms with Crippen LogP contribution in [-0.4, -0.2) is 17.0 Å². The topological polar surface area (TPSA) is 91.1 Å². The number of allylic oxidation sites excluding steroid dienone is 1. The lowest BCUT2D eigenvalue weighted by Gasteiger charge is -2.11. The second kappa shape index (κ2) is 9.27. The Hall–Kier alpha value is -3.29. The summed E-state index contributed by atoms with van der Waals surface area (Å²) >= 11 is 6.06. The molecule has 0 aliphatic heterocycles. The first kappa shape index (κ1) is 20.4. The molecule has 0 bridgehead atoms. The van der Waals surface area contributed by atoms with E-state index in [1.165, 1.54) is 42.5 Å². The number of quaternary nitrogens is 1. The summed E-state index contributed by atoms with van der Waals surface area (Å²) in [5.41, 5.74) is 1.47. The minimum absolute atomic E-state index is 0.0780. The molecule has 0 aliphatic rings.